The number of thioether (sulfide) groups is 1. The summed E-state index contributed by atoms with van der Waals surface area (Å²) in [6.07, 6.45) is 1.75. The summed E-state index contributed by atoms with van der Waals surface area (Å²) < 4.78 is 8.69. The minimum Gasteiger partial charge on any atom is -0.414 e. The SMILES string of the molecule is O=C(CSc1nnc(Cn2cnc3ccccc32)o1)Nc1ccc(I)cc1. The average molecular weight is 491 g/mol. The highest BCUT2D eigenvalue weighted by molar-refractivity contribution is 14.1. The number of nitrogens with zero attached hydrogens (tertiary/aromatic N) is 4. The standard InChI is InChI=1S/C18H14IN5O2S/c19-12-5-7-13(8-6-12)21-16(25)10-27-18-23-22-17(26-18)9-24-11-20-14-3-1-2-4-15(14)24/h1-8,11H,9-10H2,(H,21,25). The summed E-state index contributed by atoms with van der Waals surface area (Å²) in [6, 6.07) is 15.5. The highest BCUT2D eigenvalue weighted by Gasteiger charge is 2.11. The van der Waals surface area contributed by atoms with Crippen LogP contribution in [0.4, 0.5) is 5.69 Å². The average Bonchev–Trinajstić information content (AvgIpc) is 3.30. The fraction of sp³-hybridized carbons (Fsp3) is 0.111. The van der Waals surface area contributed by atoms with Crippen molar-refractivity contribution >= 4 is 57.0 Å². The Balaban J connectivity index is 1.34. The van der Waals surface area contributed by atoms with Crippen molar-refractivity contribution in [2.75, 3.05) is 11.1 Å². The van der Waals surface area contributed by atoms with Crippen LogP contribution in [0.1, 0.15) is 5.89 Å². The molecule has 1 N–H and O–H groups in total. The number of imidazole rings is 1. The first kappa shape index (κ1) is 18.0. The number of para-hydroxylation sites is 2. The topological polar surface area (TPSA) is 85.8 Å². The van der Waals surface area contributed by atoms with E-state index in [9.17, 15) is 4.79 Å². The van der Waals surface area contributed by atoms with E-state index in [0.29, 0.717) is 17.7 Å². The Hall–Kier alpha value is -2.40. The van der Waals surface area contributed by atoms with E-state index in [1.165, 1.54) is 11.8 Å². The van der Waals surface area contributed by atoms with Crippen molar-refractivity contribution in [2.45, 2.75) is 11.8 Å². The summed E-state index contributed by atoms with van der Waals surface area (Å²) in [5.41, 5.74) is 2.68. The molecule has 0 saturated carbocycles. The molecule has 2 aromatic heterocycles. The molecule has 136 valence electrons. The number of aromatic nitrogens is 4. The van der Waals surface area contributed by atoms with Crippen LogP contribution in [-0.2, 0) is 11.3 Å². The first-order valence-corrected chi connectivity index (χ1v) is 10.1. The van der Waals surface area contributed by atoms with Gasteiger partial charge in [0.05, 0.1) is 23.1 Å². The zero-order valence-electron chi connectivity index (χ0n) is 14.0. The Morgan fingerprint density at radius 2 is 1.96 bits per heavy atom. The van der Waals surface area contributed by atoms with E-state index < -0.39 is 0 Å². The Morgan fingerprint density at radius 1 is 1.15 bits per heavy atom. The normalized spacial score (nSPS) is 11.0. The smallest absolute Gasteiger partial charge is 0.277 e. The number of carbonyl (C=O) groups excluding carboxylic acids is 1. The molecule has 1 amide bonds. The number of benzene rings is 2. The van der Waals surface area contributed by atoms with Crippen LogP contribution >= 0.6 is 34.4 Å². The summed E-state index contributed by atoms with van der Waals surface area (Å²) in [6.45, 7) is 0.433. The molecular formula is C18H14IN5O2S. The first-order valence-electron chi connectivity index (χ1n) is 8.08. The van der Waals surface area contributed by atoms with Crippen LogP contribution in [0.15, 0.2) is 64.5 Å². The lowest BCUT2D eigenvalue weighted by molar-refractivity contribution is -0.113. The van der Waals surface area contributed by atoms with Gasteiger partial charge in [-0.2, -0.15) is 0 Å². The Labute approximate surface area is 172 Å². The van der Waals surface area contributed by atoms with Gasteiger partial charge in [0.25, 0.3) is 5.22 Å². The van der Waals surface area contributed by atoms with E-state index in [0.717, 1.165) is 20.3 Å². The number of carbonyl (C=O) groups is 1. The molecule has 0 saturated heterocycles. The molecule has 7 nitrogen and oxygen atoms in total. The lowest BCUT2D eigenvalue weighted by atomic mass is 10.3. The fourth-order valence-corrected chi connectivity index (χ4v) is 3.44. The van der Waals surface area contributed by atoms with E-state index >= 15 is 0 Å². The van der Waals surface area contributed by atoms with Crippen molar-refractivity contribution in [2.24, 2.45) is 0 Å². The second kappa shape index (κ2) is 8.09. The van der Waals surface area contributed by atoms with Crippen molar-refractivity contribution in [3.8, 4) is 0 Å². The van der Waals surface area contributed by atoms with E-state index in [1.54, 1.807) is 6.33 Å². The monoisotopic (exact) mass is 491 g/mol. The number of hydrogen-bond donors (Lipinski definition) is 1. The van der Waals surface area contributed by atoms with Gasteiger partial charge in [0.1, 0.15) is 6.54 Å². The second-order valence-electron chi connectivity index (χ2n) is 5.67. The highest BCUT2D eigenvalue weighted by atomic mass is 127. The van der Waals surface area contributed by atoms with Crippen LogP contribution in [-0.4, -0.2) is 31.4 Å². The molecule has 0 atom stereocenters. The maximum absolute atomic E-state index is 12.0. The Kier molecular flexibility index (Phi) is 5.39. The largest absolute Gasteiger partial charge is 0.414 e. The van der Waals surface area contributed by atoms with Gasteiger partial charge in [-0.1, -0.05) is 23.9 Å². The summed E-state index contributed by atoms with van der Waals surface area (Å²) in [7, 11) is 0. The molecule has 4 rings (SSSR count). The Morgan fingerprint density at radius 3 is 2.81 bits per heavy atom. The van der Waals surface area contributed by atoms with E-state index in [2.05, 4.69) is 43.1 Å². The van der Waals surface area contributed by atoms with Crippen LogP contribution in [0.25, 0.3) is 11.0 Å². The molecule has 2 aromatic carbocycles. The molecule has 0 aliphatic carbocycles. The van der Waals surface area contributed by atoms with Crippen LogP contribution in [0.5, 0.6) is 0 Å². The maximum atomic E-state index is 12.0. The number of anilines is 1. The summed E-state index contributed by atoms with van der Waals surface area (Å²) >= 11 is 3.43. The minimum absolute atomic E-state index is 0.124. The van der Waals surface area contributed by atoms with E-state index in [-0.39, 0.29) is 11.7 Å². The third-order valence-corrected chi connectivity index (χ3v) is 5.27. The lowest BCUT2D eigenvalue weighted by Crippen LogP contribution is -2.13. The van der Waals surface area contributed by atoms with Crippen LogP contribution < -0.4 is 5.32 Å². The summed E-state index contributed by atoms with van der Waals surface area (Å²) in [5, 5.41) is 11.3. The second-order valence-corrected chi connectivity index (χ2v) is 7.84. The van der Waals surface area contributed by atoms with Crippen molar-refractivity contribution < 1.29 is 9.21 Å². The molecule has 0 spiro atoms. The van der Waals surface area contributed by atoms with Gasteiger partial charge in [0.2, 0.25) is 11.8 Å². The van der Waals surface area contributed by atoms with Gasteiger partial charge in [-0.25, -0.2) is 4.98 Å². The van der Waals surface area contributed by atoms with Crippen LogP contribution in [0, 0.1) is 3.57 Å². The lowest BCUT2D eigenvalue weighted by Gasteiger charge is -2.03. The molecule has 4 aromatic rings. The predicted octanol–water partition coefficient (Wildman–Crippen LogP) is 3.80. The van der Waals surface area contributed by atoms with E-state index in [1.807, 2.05) is 53.1 Å². The third kappa shape index (κ3) is 4.48. The molecule has 0 fully saturated rings. The molecule has 0 unspecified atom stereocenters. The molecular weight excluding hydrogens is 477 g/mol. The number of amides is 1. The molecule has 0 radical (unpaired) electrons. The quantitative estimate of drug-likeness (QED) is 0.326. The van der Waals surface area contributed by atoms with Crippen molar-refractivity contribution in [1.82, 2.24) is 19.7 Å². The molecule has 27 heavy (non-hydrogen) atoms. The zero-order chi connectivity index (χ0) is 18.6. The number of nitrogens with one attached hydrogen (secondary N) is 1. The Bertz CT molecular complexity index is 1080. The van der Waals surface area contributed by atoms with Gasteiger partial charge in [-0.05, 0) is 59.0 Å². The fourth-order valence-electron chi connectivity index (χ4n) is 2.50. The minimum atomic E-state index is -0.124. The maximum Gasteiger partial charge on any atom is 0.277 e. The summed E-state index contributed by atoms with van der Waals surface area (Å²) in [4.78, 5) is 16.4. The number of halogens is 1. The summed E-state index contributed by atoms with van der Waals surface area (Å²) in [5.74, 6) is 0.544. The van der Waals surface area contributed by atoms with Gasteiger partial charge in [-0.3, -0.25) is 4.79 Å². The van der Waals surface area contributed by atoms with Crippen molar-refractivity contribution in [3.05, 3.63) is 64.3 Å². The van der Waals surface area contributed by atoms with Crippen LogP contribution in [0.3, 0.4) is 0 Å². The molecule has 9 heteroatoms. The van der Waals surface area contributed by atoms with Gasteiger partial charge in [-0.15, -0.1) is 10.2 Å². The number of rotatable bonds is 6. The molecule has 0 aliphatic rings. The molecule has 0 bridgehead atoms. The van der Waals surface area contributed by atoms with Gasteiger partial charge >= 0.3 is 0 Å². The molecule has 0 aliphatic heterocycles. The van der Waals surface area contributed by atoms with Gasteiger partial charge in [0.15, 0.2) is 0 Å². The number of hydrogen-bond acceptors (Lipinski definition) is 6. The van der Waals surface area contributed by atoms with E-state index in [4.69, 9.17) is 4.42 Å². The van der Waals surface area contributed by atoms with Crippen molar-refractivity contribution in [3.63, 3.8) is 0 Å². The predicted molar refractivity (Wildman–Crippen MR) is 112 cm³/mol. The number of fused-ring (bicyclic) bond motifs is 1. The van der Waals surface area contributed by atoms with Gasteiger partial charge < -0.3 is 14.3 Å². The zero-order valence-corrected chi connectivity index (χ0v) is 17.0. The molecule has 2 heterocycles. The van der Waals surface area contributed by atoms with Crippen molar-refractivity contribution in [1.29, 1.82) is 0 Å². The van der Waals surface area contributed by atoms with Crippen LogP contribution in [0.2, 0.25) is 0 Å². The first-order chi connectivity index (χ1) is 13.2. The van der Waals surface area contributed by atoms with Gasteiger partial charge in [0, 0.05) is 9.26 Å². The highest BCUT2D eigenvalue weighted by Crippen LogP contribution is 2.19. The third-order valence-electron chi connectivity index (χ3n) is 3.74.